The third kappa shape index (κ3) is 4.48. The normalized spacial score (nSPS) is 32.0. The lowest BCUT2D eigenvalue weighted by Crippen LogP contribution is -2.60. The predicted octanol–water partition coefficient (Wildman–Crippen LogP) is 3.92. The zero-order valence-electron chi connectivity index (χ0n) is 24.2. The molecule has 1 aromatic rings. The smallest absolute Gasteiger partial charge is 0.253 e. The molecule has 1 N–H and O–H groups in total. The van der Waals surface area contributed by atoms with E-state index in [1.54, 1.807) is 58.2 Å². The summed E-state index contributed by atoms with van der Waals surface area (Å²) in [4.78, 5) is 47.9. The van der Waals surface area contributed by atoms with E-state index in [0.717, 1.165) is 0 Å². The van der Waals surface area contributed by atoms with E-state index in [9.17, 15) is 19.5 Å². The van der Waals surface area contributed by atoms with Gasteiger partial charge in [0, 0.05) is 30.8 Å². The molecule has 0 aromatic heterocycles. The summed E-state index contributed by atoms with van der Waals surface area (Å²) in [6.07, 6.45) is 4.42. The number of halogens is 1. The summed E-state index contributed by atoms with van der Waals surface area (Å²) in [5.41, 5.74) is -1.54. The first-order chi connectivity index (χ1) is 18.9. The molecule has 1 aromatic carbocycles. The second kappa shape index (κ2) is 11.3. The van der Waals surface area contributed by atoms with Crippen molar-refractivity contribution < 1.29 is 24.2 Å². The molecule has 0 saturated carbocycles. The van der Waals surface area contributed by atoms with Crippen molar-refractivity contribution in [2.75, 3.05) is 31.6 Å². The van der Waals surface area contributed by atoms with Gasteiger partial charge in [0.1, 0.15) is 11.6 Å². The number of anilines is 1. The highest BCUT2D eigenvalue weighted by atomic mass is 35.5. The molecule has 3 aliphatic heterocycles. The lowest BCUT2D eigenvalue weighted by Gasteiger charge is -2.41. The number of rotatable bonds is 11. The number of likely N-dealkylation sites (tertiary alicyclic amines) is 1. The number of hydrogen-bond acceptors (Lipinski definition) is 5. The Morgan fingerprint density at radius 1 is 1.23 bits per heavy atom. The highest BCUT2D eigenvalue weighted by Crippen LogP contribution is 2.66. The summed E-state index contributed by atoms with van der Waals surface area (Å²) in [5, 5.41) is 11.1. The van der Waals surface area contributed by atoms with Crippen LogP contribution in [0.15, 0.2) is 49.6 Å². The molecule has 4 rings (SSSR count). The van der Waals surface area contributed by atoms with Crippen molar-refractivity contribution in [2.45, 2.75) is 63.8 Å². The number of carbonyl (C=O) groups is 3. The molecule has 1 spiro atoms. The van der Waals surface area contributed by atoms with Crippen molar-refractivity contribution >= 4 is 35.0 Å². The molecule has 3 fully saturated rings. The van der Waals surface area contributed by atoms with Gasteiger partial charge in [-0.1, -0.05) is 50.9 Å². The molecule has 2 bridgehead atoms. The van der Waals surface area contributed by atoms with Crippen LogP contribution in [0.1, 0.15) is 40.5 Å². The molecular weight excluding hydrogens is 530 g/mol. The Morgan fingerprint density at radius 3 is 2.40 bits per heavy atom. The van der Waals surface area contributed by atoms with Gasteiger partial charge in [0.2, 0.25) is 11.8 Å². The van der Waals surface area contributed by atoms with Crippen LogP contribution >= 0.6 is 11.6 Å². The fraction of sp³-hybridized carbons (Fsp3) is 0.581. The second-order valence-electron chi connectivity index (χ2n) is 11.8. The largest absolute Gasteiger partial charge is 0.394 e. The minimum atomic E-state index is -1.22. The molecule has 3 amide bonds. The Bertz CT molecular complexity index is 1170. The number of likely N-dealkylation sites (N-methyl/N-ethyl adjacent to an activating group) is 1. The van der Waals surface area contributed by atoms with Crippen molar-refractivity contribution in [1.29, 1.82) is 0 Å². The average molecular weight is 572 g/mol. The van der Waals surface area contributed by atoms with E-state index in [2.05, 4.69) is 13.2 Å². The number of aliphatic hydroxyl groups is 1. The molecule has 3 aliphatic rings. The summed E-state index contributed by atoms with van der Waals surface area (Å²) < 4.78 is 6.86. The van der Waals surface area contributed by atoms with E-state index in [1.807, 2.05) is 27.7 Å². The minimum Gasteiger partial charge on any atom is -0.394 e. The van der Waals surface area contributed by atoms with E-state index < -0.39 is 35.1 Å². The van der Waals surface area contributed by atoms with E-state index >= 15 is 0 Å². The molecule has 40 heavy (non-hydrogen) atoms. The maximum absolute atomic E-state index is 14.7. The van der Waals surface area contributed by atoms with Gasteiger partial charge in [-0.05, 0) is 49.4 Å². The zero-order chi connectivity index (χ0) is 29.6. The summed E-state index contributed by atoms with van der Waals surface area (Å²) in [7, 11) is 1.69. The topological polar surface area (TPSA) is 90.4 Å². The van der Waals surface area contributed by atoms with Crippen molar-refractivity contribution in [3.63, 3.8) is 0 Å². The third-order valence-electron chi connectivity index (χ3n) is 9.59. The van der Waals surface area contributed by atoms with Crippen LogP contribution in [0.25, 0.3) is 0 Å². The fourth-order valence-corrected chi connectivity index (χ4v) is 7.37. The van der Waals surface area contributed by atoms with Crippen LogP contribution in [0.2, 0.25) is 5.02 Å². The Labute approximate surface area is 242 Å². The molecule has 3 saturated heterocycles. The maximum Gasteiger partial charge on any atom is 0.253 e. The first-order valence-electron chi connectivity index (χ1n) is 14.1. The Morgan fingerprint density at radius 2 is 1.85 bits per heavy atom. The molecule has 3 heterocycles. The number of fused-ring (bicyclic) bond motifs is 1. The predicted molar refractivity (Wildman–Crippen MR) is 156 cm³/mol. The molecule has 0 aliphatic carbocycles. The van der Waals surface area contributed by atoms with Gasteiger partial charge in [0.15, 0.2) is 0 Å². The summed E-state index contributed by atoms with van der Waals surface area (Å²) in [6, 6.07) is 5.28. The molecule has 3 unspecified atom stereocenters. The molecule has 9 heteroatoms. The average Bonchev–Trinajstić information content (AvgIpc) is 3.44. The van der Waals surface area contributed by atoms with Crippen LogP contribution < -0.4 is 4.90 Å². The van der Waals surface area contributed by atoms with Gasteiger partial charge < -0.3 is 24.5 Å². The number of aliphatic hydroxyl groups excluding tert-OH is 1. The van der Waals surface area contributed by atoms with E-state index in [0.29, 0.717) is 30.1 Å². The minimum absolute atomic E-state index is 0.0857. The van der Waals surface area contributed by atoms with Crippen LogP contribution in [0.5, 0.6) is 0 Å². The lowest BCUT2D eigenvalue weighted by molar-refractivity contribution is -0.154. The number of carbonyl (C=O) groups excluding carboxylic acids is 3. The zero-order valence-corrected chi connectivity index (χ0v) is 24.9. The van der Waals surface area contributed by atoms with Crippen LogP contribution in [0.3, 0.4) is 0 Å². The fourth-order valence-electron chi connectivity index (χ4n) is 7.25. The maximum atomic E-state index is 14.7. The van der Waals surface area contributed by atoms with Gasteiger partial charge in [-0.2, -0.15) is 0 Å². The third-order valence-corrected chi connectivity index (χ3v) is 9.84. The van der Waals surface area contributed by atoms with E-state index in [1.165, 1.54) is 0 Å². The van der Waals surface area contributed by atoms with Crippen molar-refractivity contribution in [3.05, 3.63) is 54.6 Å². The van der Waals surface area contributed by atoms with Crippen LogP contribution in [-0.4, -0.2) is 82.7 Å². The van der Waals surface area contributed by atoms with Crippen LogP contribution in [-0.2, 0) is 19.1 Å². The number of nitrogens with zero attached hydrogens (tertiary/aromatic N) is 3. The number of amides is 3. The molecule has 8 atom stereocenters. The summed E-state index contributed by atoms with van der Waals surface area (Å²) in [5.74, 6) is -2.64. The molecule has 0 radical (unpaired) electrons. The van der Waals surface area contributed by atoms with Gasteiger partial charge in [-0.15, -0.1) is 13.2 Å². The number of hydrogen-bond donors (Lipinski definition) is 1. The van der Waals surface area contributed by atoms with Crippen LogP contribution in [0, 0.1) is 23.7 Å². The van der Waals surface area contributed by atoms with Gasteiger partial charge in [0.25, 0.3) is 5.91 Å². The first-order valence-corrected chi connectivity index (χ1v) is 14.5. The van der Waals surface area contributed by atoms with E-state index in [-0.39, 0.29) is 42.7 Å². The van der Waals surface area contributed by atoms with Gasteiger partial charge in [-0.25, -0.2) is 0 Å². The molecule has 218 valence electrons. The number of ether oxygens (including phenoxy) is 1. The number of benzene rings is 1. The summed E-state index contributed by atoms with van der Waals surface area (Å²) >= 11 is 6.14. The van der Waals surface area contributed by atoms with Gasteiger partial charge >= 0.3 is 0 Å². The van der Waals surface area contributed by atoms with Gasteiger partial charge in [-0.3, -0.25) is 14.4 Å². The molecular formula is C31H42ClN3O5. The van der Waals surface area contributed by atoms with Crippen molar-refractivity contribution in [3.8, 4) is 0 Å². The quantitative estimate of drug-likeness (QED) is 0.407. The summed E-state index contributed by atoms with van der Waals surface area (Å²) in [6.45, 7) is 15.7. The second-order valence-corrected chi connectivity index (χ2v) is 12.2. The lowest BCUT2D eigenvalue weighted by atomic mass is 9.62. The van der Waals surface area contributed by atoms with Crippen molar-refractivity contribution in [2.24, 2.45) is 23.7 Å². The monoisotopic (exact) mass is 571 g/mol. The van der Waals surface area contributed by atoms with Crippen LogP contribution in [0.4, 0.5) is 5.69 Å². The van der Waals surface area contributed by atoms with E-state index in [4.69, 9.17) is 16.3 Å². The Kier molecular flexibility index (Phi) is 8.56. The highest BCUT2D eigenvalue weighted by molar-refractivity contribution is 6.30. The van der Waals surface area contributed by atoms with Gasteiger partial charge in [0.05, 0.1) is 30.1 Å². The Hall–Kier alpha value is -2.68. The Balaban J connectivity index is 1.90. The first kappa shape index (κ1) is 30.3. The SMILES string of the molecule is C=CCN(C)C(=O)[C@@H]1[C@H]2C(=O)N([C@@H](CO)[C@@H](C)CC)C(C(=O)N(CC=C)c3ccc(Cl)cc3)C23CC(C)[C@@]1(C)O3. The standard InChI is InChI=1S/C31H42ClN3O5/c1-8-15-33(7)27(37)24-25-28(38)35(23(18-36)19(4)10-3)26(31(25)17-20(5)30(24,6)40-31)29(39)34(16-9-2)22-13-11-21(32)12-14-22/h8-9,11-14,19-20,23-26,36H,1-2,10,15-18H2,3-7H3/t19-,20?,23-,24-,25-,26?,30+,31?/m0/s1. The molecule has 8 nitrogen and oxygen atoms in total. The highest BCUT2D eigenvalue weighted by Gasteiger charge is 2.80. The van der Waals surface area contributed by atoms with Crippen molar-refractivity contribution in [1.82, 2.24) is 9.80 Å².